The maximum atomic E-state index is 13.9. The van der Waals surface area contributed by atoms with Gasteiger partial charge in [-0.3, -0.25) is 14.5 Å². The van der Waals surface area contributed by atoms with Gasteiger partial charge in [0.05, 0.1) is 11.1 Å². The highest BCUT2D eigenvalue weighted by atomic mass is 32.2. The summed E-state index contributed by atoms with van der Waals surface area (Å²) in [5.41, 5.74) is -3.43. The fourth-order valence-electron chi connectivity index (χ4n) is 3.46. The van der Waals surface area contributed by atoms with Gasteiger partial charge in [0, 0.05) is 50.0 Å². The molecular formula is C23H24F5N5O6S. The Morgan fingerprint density at radius 2 is 1.77 bits per heavy atom. The number of aromatic nitrogens is 2. The van der Waals surface area contributed by atoms with Crippen LogP contribution < -0.4 is 14.9 Å². The molecule has 3 rings (SSSR count). The van der Waals surface area contributed by atoms with Crippen LogP contribution in [0.2, 0.25) is 0 Å². The molecule has 1 saturated heterocycles. The standard InChI is InChI=1S/C23H24F5N5O6S/c1-21(2,3)39-20(36)32-40(37,38)16-11-14(5-8-29-16)31-19(35)15-10-13(23(26,27)28)12-30-18(15)33-9-7-22(24,25)6-4-17(33)34/h5,8,10-12H,4,6-7,9H2,1-3H3,(H,32,36)(H,29,31,35). The quantitative estimate of drug-likeness (QED) is 0.493. The van der Waals surface area contributed by atoms with Crippen LogP contribution in [0.15, 0.2) is 35.6 Å². The van der Waals surface area contributed by atoms with Crippen LogP contribution in [0.5, 0.6) is 0 Å². The number of amides is 3. The first-order chi connectivity index (χ1) is 18.3. The Morgan fingerprint density at radius 3 is 2.40 bits per heavy atom. The number of anilines is 2. The van der Waals surface area contributed by atoms with Gasteiger partial charge >= 0.3 is 12.3 Å². The van der Waals surface area contributed by atoms with Crippen molar-refractivity contribution in [3.63, 3.8) is 0 Å². The van der Waals surface area contributed by atoms with Crippen molar-refractivity contribution in [1.29, 1.82) is 0 Å². The van der Waals surface area contributed by atoms with Crippen molar-refractivity contribution < 1.29 is 49.5 Å². The van der Waals surface area contributed by atoms with E-state index in [0.717, 1.165) is 18.3 Å². The summed E-state index contributed by atoms with van der Waals surface area (Å²) in [7, 11) is -4.60. The molecule has 0 atom stereocenters. The topological polar surface area (TPSA) is 148 Å². The fourth-order valence-corrected chi connectivity index (χ4v) is 4.31. The Hall–Kier alpha value is -3.89. The number of nitrogens with zero attached hydrogens (tertiary/aromatic N) is 3. The minimum atomic E-state index is -4.94. The summed E-state index contributed by atoms with van der Waals surface area (Å²) in [6.07, 6.45) is -7.17. The Morgan fingerprint density at radius 1 is 1.10 bits per heavy atom. The van der Waals surface area contributed by atoms with Crippen LogP contribution in [0.1, 0.15) is 56.0 Å². The van der Waals surface area contributed by atoms with Gasteiger partial charge in [-0.05, 0) is 32.9 Å². The summed E-state index contributed by atoms with van der Waals surface area (Å²) in [5.74, 6) is -5.91. The van der Waals surface area contributed by atoms with Crippen molar-refractivity contribution >= 4 is 39.4 Å². The van der Waals surface area contributed by atoms with Gasteiger partial charge < -0.3 is 10.1 Å². The maximum absolute atomic E-state index is 13.9. The highest BCUT2D eigenvalue weighted by molar-refractivity contribution is 7.90. The number of carbonyl (C=O) groups is 3. The molecule has 0 bridgehead atoms. The van der Waals surface area contributed by atoms with Gasteiger partial charge in [0.25, 0.3) is 15.9 Å². The number of hydrogen-bond acceptors (Lipinski definition) is 8. The van der Waals surface area contributed by atoms with Crippen molar-refractivity contribution in [2.45, 2.75) is 62.8 Å². The molecule has 2 aromatic rings. The van der Waals surface area contributed by atoms with Gasteiger partial charge in [0.1, 0.15) is 11.4 Å². The summed E-state index contributed by atoms with van der Waals surface area (Å²) in [6.45, 7) is 3.87. The van der Waals surface area contributed by atoms with E-state index in [4.69, 9.17) is 4.74 Å². The lowest BCUT2D eigenvalue weighted by Crippen LogP contribution is -2.36. The summed E-state index contributed by atoms with van der Waals surface area (Å²) < 4.78 is 99.5. The van der Waals surface area contributed by atoms with Crippen LogP contribution >= 0.6 is 0 Å². The Bertz CT molecular complexity index is 1430. The average molecular weight is 594 g/mol. The van der Waals surface area contributed by atoms with Gasteiger partial charge in [-0.1, -0.05) is 0 Å². The second-order valence-electron chi connectivity index (χ2n) is 9.69. The molecule has 40 heavy (non-hydrogen) atoms. The van der Waals surface area contributed by atoms with Gasteiger partial charge in [0.15, 0.2) is 5.03 Å². The molecule has 0 radical (unpaired) electrons. The predicted octanol–water partition coefficient (Wildman–Crippen LogP) is 4.11. The minimum Gasteiger partial charge on any atom is -0.443 e. The molecule has 218 valence electrons. The summed E-state index contributed by atoms with van der Waals surface area (Å²) in [6, 6.07) is 2.31. The highest BCUT2D eigenvalue weighted by Crippen LogP contribution is 2.35. The highest BCUT2D eigenvalue weighted by Gasteiger charge is 2.38. The molecule has 17 heteroatoms. The van der Waals surface area contributed by atoms with E-state index in [0.29, 0.717) is 17.2 Å². The number of halogens is 5. The normalized spacial score (nSPS) is 16.2. The van der Waals surface area contributed by atoms with E-state index in [1.54, 1.807) is 4.72 Å². The van der Waals surface area contributed by atoms with Crippen molar-refractivity contribution in [1.82, 2.24) is 14.7 Å². The Kier molecular flexibility index (Phi) is 8.38. The van der Waals surface area contributed by atoms with Gasteiger partial charge in [-0.2, -0.15) is 21.6 Å². The lowest BCUT2D eigenvalue weighted by atomic mass is 10.1. The van der Waals surface area contributed by atoms with Crippen molar-refractivity contribution in [2.75, 3.05) is 16.8 Å². The van der Waals surface area contributed by atoms with Crippen molar-refractivity contribution in [3.8, 4) is 0 Å². The molecule has 1 aliphatic rings. The van der Waals surface area contributed by atoms with Crippen LogP contribution in [0.4, 0.5) is 38.3 Å². The van der Waals surface area contributed by atoms with Crippen LogP contribution in [-0.4, -0.2) is 54.4 Å². The Labute approximate surface area is 225 Å². The molecule has 0 spiro atoms. The fraction of sp³-hybridized carbons (Fsp3) is 0.435. The monoisotopic (exact) mass is 593 g/mol. The maximum Gasteiger partial charge on any atom is 0.421 e. The molecule has 2 aromatic heterocycles. The number of pyridine rings is 2. The third-order valence-electron chi connectivity index (χ3n) is 5.29. The molecule has 11 nitrogen and oxygen atoms in total. The molecule has 0 saturated carbocycles. The van der Waals surface area contributed by atoms with Gasteiger partial charge in [-0.15, -0.1) is 0 Å². The van der Waals surface area contributed by atoms with E-state index in [-0.39, 0.29) is 5.69 Å². The van der Waals surface area contributed by atoms with Crippen LogP contribution in [0.25, 0.3) is 0 Å². The molecule has 3 amide bonds. The van der Waals surface area contributed by atoms with E-state index < -0.39 is 93.4 Å². The molecule has 0 unspecified atom stereocenters. The van der Waals surface area contributed by atoms with Crippen LogP contribution in [-0.2, 0) is 25.7 Å². The number of carbonyl (C=O) groups excluding carboxylic acids is 3. The molecule has 2 N–H and O–H groups in total. The molecule has 1 aliphatic heterocycles. The Balaban J connectivity index is 1.94. The van der Waals surface area contributed by atoms with E-state index in [9.17, 15) is 44.8 Å². The van der Waals surface area contributed by atoms with E-state index >= 15 is 0 Å². The van der Waals surface area contributed by atoms with Crippen molar-refractivity contribution in [3.05, 3.63) is 41.7 Å². The van der Waals surface area contributed by atoms with Crippen molar-refractivity contribution in [2.24, 2.45) is 0 Å². The summed E-state index contributed by atoms with van der Waals surface area (Å²) >= 11 is 0. The van der Waals surface area contributed by atoms with Gasteiger partial charge in [0.2, 0.25) is 11.8 Å². The second-order valence-corrected chi connectivity index (χ2v) is 11.3. The first-order valence-electron chi connectivity index (χ1n) is 11.6. The van der Waals surface area contributed by atoms with Crippen LogP contribution in [0, 0.1) is 0 Å². The number of alkyl halides is 5. The smallest absolute Gasteiger partial charge is 0.421 e. The van der Waals surface area contributed by atoms with E-state index in [1.807, 2.05) is 0 Å². The van der Waals surface area contributed by atoms with Crippen LogP contribution in [0.3, 0.4) is 0 Å². The van der Waals surface area contributed by atoms with E-state index in [2.05, 4.69) is 15.3 Å². The predicted molar refractivity (Wildman–Crippen MR) is 129 cm³/mol. The van der Waals surface area contributed by atoms with E-state index in [1.165, 1.54) is 20.8 Å². The molecule has 0 aliphatic carbocycles. The SMILES string of the molecule is CC(C)(C)OC(=O)NS(=O)(=O)c1cc(NC(=O)c2cc(C(F)(F)F)cnc2N2CCC(F)(F)CCC2=O)ccn1. The third-order valence-corrected chi connectivity index (χ3v) is 6.50. The molecule has 1 fully saturated rings. The molecule has 0 aromatic carbocycles. The number of sulfonamides is 1. The minimum absolute atomic E-state index is 0.276. The zero-order valence-electron chi connectivity index (χ0n) is 21.3. The second kappa shape index (κ2) is 10.9. The first-order valence-corrected chi connectivity index (χ1v) is 13.0. The number of ether oxygens (including phenoxy) is 1. The first kappa shape index (κ1) is 30.6. The van der Waals surface area contributed by atoms with Gasteiger partial charge in [-0.25, -0.2) is 28.3 Å². The third kappa shape index (κ3) is 7.83. The number of rotatable bonds is 5. The summed E-state index contributed by atoms with van der Waals surface area (Å²) in [4.78, 5) is 45.5. The number of hydrogen-bond donors (Lipinski definition) is 2. The lowest BCUT2D eigenvalue weighted by molar-refractivity contribution is -0.137. The zero-order chi connectivity index (χ0) is 30.1. The lowest BCUT2D eigenvalue weighted by Gasteiger charge is -2.23. The number of nitrogens with one attached hydrogen (secondary N) is 2. The summed E-state index contributed by atoms with van der Waals surface area (Å²) in [5, 5.41) is 1.44. The average Bonchev–Trinajstić information content (AvgIpc) is 2.94. The molecular weight excluding hydrogens is 569 g/mol. The molecule has 3 heterocycles. The largest absolute Gasteiger partial charge is 0.443 e. The zero-order valence-corrected chi connectivity index (χ0v) is 22.1.